The number of aliphatic hydroxyl groups excluding tert-OH is 1. The van der Waals surface area contributed by atoms with Gasteiger partial charge in [0.25, 0.3) is 11.6 Å². The molecule has 1 fully saturated rings. The number of non-ortho nitro benzene ring substituents is 1. The Morgan fingerprint density at radius 3 is 2.47 bits per heavy atom. The number of nitro groups is 1. The predicted molar refractivity (Wildman–Crippen MR) is 118 cm³/mol. The number of hydrogen-bond acceptors (Lipinski definition) is 8. The number of nitrogens with zero attached hydrogens (tertiary/aromatic N) is 2. The molecular weight excluding hydrogens is 466 g/mol. The van der Waals surface area contributed by atoms with Crippen LogP contribution >= 0.6 is 0 Å². The highest BCUT2D eigenvalue weighted by atomic mass is 32.2. The molecule has 176 valence electrons. The number of rotatable bonds is 7. The quantitative estimate of drug-likeness (QED) is 0.255. The molecule has 0 aliphatic carbocycles. The van der Waals surface area contributed by atoms with Crippen molar-refractivity contribution in [2.75, 3.05) is 5.75 Å². The lowest BCUT2D eigenvalue weighted by Crippen LogP contribution is -2.73. The first-order valence-corrected chi connectivity index (χ1v) is 11.5. The summed E-state index contributed by atoms with van der Waals surface area (Å²) in [5, 5.41) is 22.5. The number of hydrogen-bond donors (Lipinski definition) is 2. The number of β-lactam (4-membered cyclic amide) rings is 1. The fourth-order valence-electron chi connectivity index (χ4n) is 3.68. The van der Waals surface area contributed by atoms with Gasteiger partial charge in [0.05, 0.1) is 27.9 Å². The first-order valence-electron chi connectivity index (χ1n) is 10.1. The third-order valence-electron chi connectivity index (χ3n) is 5.34. The van der Waals surface area contributed by atoms with E-state index < -0.39 is 56.4 Å². The van der Waals surface area contributed by atoms with E-state index in [9.17, 15) is 33.8 Å². The number of carbonyl (C=O) groups excluding carboxylic acids is 3. The van der Waals surface area contributed by atoms with Gasteiger partial charge in [-0.25, -0.2) is 4.79 Å². The van der Waals surface area contributed by atoms with E-state index in [1.54, 1.807) is 30.3 Å². The Hall–Kier alpha value is -4.06. The molecular formula is C22H19N3O8S. The van der Waals surface area contributed by atoms with Crippen LogP contribution in [0.5, 0.6) is 0 Å². The fourth-order valence-corrected chi connectivity index (χ4v) is 5.19. The number of benzene rings is 2. The summed E-state index contributed by atoms with van der Waals surface area (Å²) in [6, 6.07) is 13.1. The van der Waals surface area contributed by atoms with Gasteiger partial charge < -0.3 is 15.2 Å². The maximum Gasteiger partial charge on any atom is 0.358 e. The third kappa shape index (κ3) is 4.53. The van der Waals surface area contributed by atoms with Gasteiger partial charge in [-0.2, -0.15) is 0 Å². The van der Waals surface area contributed by atoms with Gasteiger partial charge in [-0.15, -0.1) is 0 Å². The van der Waals surface area contributed by atoms with Gasteiger partial charge in [-0.05, 0) is 23.3 Å². The zero-order valence-corrected chi connectivity index (χ0v) is 18.4. The minimum absolute atomic E-state index is 0.0230. The molecule has 3 atom stereocenters. The zero-order valence-electron chi connectivity index (χ0n) is 17.6. The second-order valence-corrected chi connectivity index (χ2v) is 9.16. The minimum Gasteiger partial charge on any atom is -0.509 e. The van der Waals surface area contributed by atoms with E-state index >= 15 is 0 Å². The molecule has 2 amide bonds. The monoisotopic (exact) mass is 485 g/mol. The molecule has 1 saturated heterocycles. The van der Waals surface area contributed by atoms with E-state index in [-0.39, 0.29) is 24.5 Å². The number of ether oxygens (including phenoxy) is 1. The third-order valence-corrected chi connectivity index (χ3v) is 6.92. The summed E-state index contributed by atoms with van der Waals surface area (Å²) in [5.74, 6) is -3.07. The van der Waals surface area contributed by atoms with Crippen molar-refractivity contribution >= 4 is 34.3 Å². The smallest absolute Gasteiger partial charge is 0.358 e. The second-order valence-electron chi connectivity index (χ2n) is 7.63. The van der Waals surface area contributed by atoms with Crippen LogP contribution in [0.25, 0.3) is 0 Å². The zero-order chi connectivity index (χ0) is 24.4. The molecule has 2 aromatic carbocycles. The van der Waals surface area contributed by atoms with Gasteiger partial charge in [0.2, 0.25) is 5.91 Å². The standard InChI is InChI=1S/C22H19N3O8S/c26-16-12-34(32)21-18(23-17(27)10-13-4-2-1-3-5-13)20(28)24(21)19(16)22(29)33-11-14-6-8-15(9-7-14)25(30)31/h1-9,18,21,26H,10-12H2,(H,23,27)/t18-,21-,34?/m1/s1. The molecule has 0 bridgehead atoms. The Morgan fingerprint density at radius 1 is 1.15 bits per heavy atom. The summed E-state index contributed by atoms with van der Waals surface area (Å²) in [7, 11) is -1.75. The van der Waals surface area contributed by atoms with Gasteiger partial charge in [0.1, 0.15) is 23.8 Å². The van der Waals surface area contributed by atoms with Gasteiger partial charge in [-0.1, -0.05) is 30.3 Å². The van der Waals surface area contributed by atoms with Crippen LogP contribution < -0.4 is 5.32 Å². The summed E-state index contributed by atoms with van der Waals surface area (Å²) in [6.45, 7) is -0.263. The summed E-state index contributed by atoms with van der Waals surface area (Å²) in [6.07, 6.45) is 0.0230. The molecule has 1 unspecified atom stereocenters. The van der Waals surface area contributed by atoms with Crippen LogP contribution in [0, 0.1) is 10.1 Å². The van der Waals surface area contributed by atoms with Crippen LogP contribution in [0.2, 0.25) is 0 Å². The number of amides is 2. The summed E-state index contributed by atoms with van der Waals surface area (Å²) in [5.41, 5.74) is 0.641. The lowest BCUT2D eigenvalue weighted by molar-refractivity contribution is -0.384. The molecule has 2 N–H and O–H groups in total. The van der Waals surface area contributed by atoms with Crippen molar-refractivity contribution in [1.82, 2.24) is 10.2 Å². The first-order chi connectivity index (χ1) is 16.3. The van der Waals surface area contributed by atoms with E-state index in [1.165, 1.54) is 24.3 Å². The summed E-state index contributed by atoms with van der Waals surface area (Å²) < 4.78 is 17.7. The minimum atomic E-state index is -1.75. The van der Waals surface area contributed by atoms with Crippen molar-refractivity contribution in [3.05, 3.63) is 87.3 Å². The molecule has 34 heavy (non-hydrogen) atoms. The normalized spacial score (nSPS) is 21.4. The average molecular weight is 485 g/mol. The molecule has 2 heterocycles. The molecule has 0 radical (unpaired) electrons. The number of aliphatic hydroxyl groups is 1. The highest BCUT2D eigenvalue weighted by molar-refractivity contribution is 7.86. The Morgan fingerprint density at radius 2 is 1.82 bits per heavy atom. The number of nitro benzene ring substituents is 1. The SMILES string of the molecule is O=C(Cc1ccccc1)N[C@@H]1C(=O)N2C(C(=O)OCc3ccc([N+](=O)[O-])cc3)=C(O)CS(=O)[C@H]12. The topological polar surface area (TPSA) is 156 Å². The van der Waals surface area contributed by atoms with Gasteiger partial charge >= 0.3 is 5.97 Å². The molecule has 12 heteroatoms. The molecule has 0 saturated carbocycles. The maximum absolute atomic E-state index is 12.7. The summed E-state index contributed by atoms with van der Waals surface area (Å²) in [4.78, 5) is 48.8. The number of esters is 1. The number of nitrogens with one attached hydrogen (secondary N) is 1. The molecule has 11 nitrogen and oxygen atoms in total. The Balaban J connectivity index is 1.42. The highest BCUT2D eigenvalue weighted by Crippen LogP contribution is 2.34. The molecule has 2 aromatic rings. The van der Waals surface area contributed by atoms with E-state index in [0.717, 1.165) is 10.5 Å². The summed E-state index contributed by atoms with van der Waals surface area (Å²) >= 11 is 0. The number of fused-ring (bicyclic) bond motifs is 1. The first kappa shape index (κ1) is 23.1. The van der Waals surface area contributed by atoms with Crippen molar-refractivity contribution in [3.8, 4) is 0 Å². The predicted octanol–water partition coefficient (Wildman–Crippen LogP) is 1.07. The molecule has 2 aliphatic heterocycles. The van der Waals surface area contributed by atoms with Crippen molar-refractivity contribution < 1.29 is 33.4 Å². The Labute approximate surface area is 195 Å². The average Bonchev–Trinajstić information content (AvgIpc) is 2.81. The van der Waals surface area contributed by atoms with Crippen LogP contribution in [0.4, 0.5) is 5.69 Å². The van der Waals surface area contributed by atoms with Crippen molar-refractivity contribution in [2.24, 2.45) is 0 Å². The van der Waals surface area contributed by atoms with Crippen LogP contribution in [0.3, 0.4) is 0 Å². The highest BCUT2D eigenvalue weighted by Gasteiger charge is 2.57. The van der Waals surface area contributed by atoms with Crippen molar-refractivity contribution in [3.63, 3.8) is 0 Å². The van der Waals surface area contributed by atoms with Crippen molar-refractivity contribution in [1.29, 1.82) is 0 Å². The van der Waals surface area contributed by atoms with Crippen LogP contribution in [0.15, 0.2) is 66.1 Å². The number of carbonyl (C=O) groups is 3. The molecule has 4 rings (SSSR count). The van der Waals surface area contributed by atoms with Crippen LogP contribution in [-0.4, -0.2) is 54.1 Å². The molecule has 0 aromatic heterocycles. The van der Waals surface area contributed by atoms with E-state index in [2.05, 4.69) is 5.32 Å². The van der Waals surface area contributed by atoms with Gasteiger partial charge in [-0.3, -0.25) is 28.8 Å². The second kappa shape index (κ2) is 9.43. The lowest BCUT2D eigenvalue weighted by Gasteiger charge is -2.48. The Kier molecular flexibility index (Phi) is 6.41. The van der Waals surface area contributed by atoms with E-state index in [0.29, 0.717) is 5.56 Å². The fraction of sp³-hybridized carbons (Fsp3) is 0.227. The van der Waals surface area contributed by atoms with Crippen LogP contribution in [-0.2, 0) is 42.9 Å². The lowest BCUT2D eigenvalue weighted by atomic mass is 10.0. The van der Waals surface area contributed by atoms with E-state index in [1.807, 2.05) is 0 Å². The van der Waals surface area contributed by atoms with Gasteiger partial charge in [0.15, 0.2) is 5.70 Å². The maximum atomic E-state index is 12.7. The van der Waals surface area contributed by atoms with Crippen LogP contribution in [0.1, 0.15) is 11.1 Å². The largest absolute Gasteiger partial charge is 0.509 e. The molecule has 2 aliphatic rings. The molecule has 0 spiro atoms. The van der Waals surface area contributed by atoms with E-state index in [4.69, 9.17) is 4.74 Å². The van der Waals surface area contributed by atoms with Crippen molar-refractivity contribution in [2.45, 2.75) is 24.4 Å². The Bertz CT molecular complexity index is 1210. The van der Waals surface area contributed by atoms with Gasteiger partial charge in [0, 0.05) is 12.1 Å².